The molecule has 1 aromatic heterocycles. The zero-order valence-corrected chi connectivity index (χ0v) is 16.8. The minimum absolute atomic E-state index is 0.0480. The van der Waals surface area contributed by atoms with Crippen molar-refractivity contribution in [2.45, 2.75) is 45.6 Å². The van der Waals surface area contributed by atoms with Crippen LogP contribution in [0.5, 0.6) is 0 Å². The molecule has 2 aliphatic heterocycles. The van der Waals surface area contributed by atoms with Crippen molar-refractivity contribution in [3.05, 3.63) is 22.4 Å². The van der Waals surface area contributed by atoms with Crippen LogP contribution < -0.4 is 5.32 Å². The molecule has 2 amide bonds. The number of carbonyl (C=O) groups is 2. The summed E-state index contributed by atoms with van der Waals surface area (Å²) < 4.78 is 0. The smallest absolute Gasteiger partial charge is 0.261 e. The first-order valence-corrected chi connectivity index (χ1v) is 10.8. The molecule has 0 unspecified atom stereocenters. The quantitative estimate of drug-likeness (QED) is 0.858. The molecular formula is C20H31N3O2S. The Balaban J connectivity index is 1.48. The molecule has 6 heteroatoms. The summed E-state index contributed by atoms with van der Waals surface area (Å²) in [6.07, 6.45) is 4.85. The van der Waals surface area contributed by atoms with Crippen LogP contribution in [0.25, 0.3) is 0 Å². The van der Waals surface area contributed by atoms with Crippen LogP contribution in [0.3, 0.4) is 0 Å². The van der Waals surface area contributed by atoms with Gasteiger partial charge in [-0.3, -0.25) is 9.59 Å². The topological polar surface area (TPSA) is 52.6 Å². The van der Waals surface area contributed by atoms with Crippen LogP contribution in [0, 0.1) is 11.8 Å². The molecule has 5 nitrogen and oxygen atoms in total. The molecular weight excluding hydrogens is 346 g/mol. The first-order valence-electron chi connectivity index (χ1n) is 9.88. The zero-order chi connectivity index (χ0) is 18.5. The van der Waals surface area contributed by atoms with E-state index >= 15 is 0 Å². The van der Waals surface area contributed by atoms with Gasteiger partial charge < -0.3 is 15.1 Å². The molecule has 0 aliphatic carbocycles. The summed E-state index contributed by atoms with van der Waals surface area (Å²) >= 11 is 1.40. The van der Waals surface area contributed by atoms with E-state index in [9.17, 15) is 9.59 Å². The molecule has 2 aliphatic rings. The van der Waals surface area contributed by atoms with Crippen molar-refractivity contribution in [1.29, 1.82) is 0 Å². The Morgan fingerprint density at radius 3 is 2.73 bits per heavy atom. The summed E-state index contributed by atoms with van der Waals surface area (Å²) in [7, 11) is 0. The lowest BCUT2D eigenvalue weighted by molar-refractivity contribution is -0.134. The number of rotatable bonds is 5. The van der Waals surface area contributed by atoms with Crippen molar-refractivity contribution < 1.29 is 9.59 Å². The van der Waals surface area contributed by atoms with Gasteiger partial charge in [0, 0.05) is 19.6 Å². The number of likely N-dealkylation sites (tertiary alicyclic amines) is 2. The van der Waals surface area contributed by atoms with E-state index in [1.54, 1.807) is 13.0 Å². The summed E-state index contributed by atoms with van der Waals surface area (Å²) in [5, 5.41) is 4.72. The van der Waals surface area contributed by atoms with Gasteiger partial charge in [0.25, 0.3) is 5.91 Å². The summed E-state index contributed by atoms with van der Waals surface area (Å²) in [4.78, 5) is 30.1. The average Bonchev–Trinajstić information content (AvgIpc) is 3.18. The second-order valence-electron chi connectivity index (χ2n) is 7.95. The highest BCUT2D eigenvalue weighted by atomic mass is 32.1. The van der Waals surface area contributed by atoms with Gasteiger partial charge in [0.15, 0.2) is 0 Å². The summed E-state index contributed by atoms with van der Waals surface area (Å²) in [6.45, 7) is 9.26. The van der Waals surface area contributed by atoms with E-state index in [0.29, 0.717) is 10.8 Å². The largest absolute Gasteiger partial charge is 0.341 e. The van der Waals surface area contributed by atoms with Gasteiger partial charge in [-0.15, -0.1) is 11.3 Å². The zero-order valence-electron chi connectivity index (χ0n) is 15.9. The fourth-order valence-electron chi connectivity index (χ4n) is 4.04. The normalized spacial score (nSPS) is 23.6. The SMILES string of the molecule is CC1CCN(C[C@H]2CCCN(C(=O)[C@H](C)NC(=O)c3cccs3)C2)CC1. The van der Waals surface area contributed by atoms with E-state index in [1.165, 1.54) is 43.7 Å². The average molecular weight is 378 g/mol. The van der Waals surface area contributed by atoms with Gasteiger partial charge in [0.2, 0.25) is 5.91 Å². The second-order valence-corrected chi connectivity index (χ2v) is 8.90. The van der Waals surface area contributed by atoms with Crippen LogP contribution in [0.4, 0.5) is 0 Å². The molecule has 0 aromatic carbocycles. The van der Waals surface area contributed by atoms with Crippen molar-refractivity contribution in [3.8, 4) is 0 Å². The molecule has 0 bridgehead atoms. The van der Waals surface area contributed by atoms with Gasteiger partial charge >= 0.3 is 0 Å². The lowest BCUT2D eigenvalue weighted by Crippen LogP contribution is -2.51. The molecule has 2 fully saturated rings. The number of hydrogen-bond acceptors (Lipinski definition) is 4. The molecule has 2 atom stereocenters. The minimum Gasteiger partial charge on any atom is -0.341 e. The van der Waals surface area contributed by atoms with Crippen LogP contribution in [0.1, 0.15) is 49.2 Å². The molecule has 1 aromatic rings. The Labute approximate surface area is 160 Å². The van der Waals surface area contributed by atoms with Crippen LogP contribution in [-0.2, 0) is 4.79 Å². The number of amides is 2. The van der Waals surface area contributed by atoms with E-state index in [4.69, 9.17) is 0 Å². The first kappa shape index (κ1) is 19.4. The number of thiophene rings is 1. The minimum atomic E-state index is -0.473. The molecule has 3 heterocycles. The van der Waals surface area contributed by atoms with E-state index in [-0.39, 0.29) is 11.8 Å². The van der Waals surface area contributed by atoms with Crippen LogP contribution in [0.2, 0.25) is 0 Å². The van der Waals surface area contributed by atoms with Crippen molar-refractivity contribution in [3.63, 3.8) is 0 Å². The van der Waals surface area contributed by atoms with Crippen LogP contribution in [0.15, 0.2) is 17.5 Å². The van der Waals surface area contributed by atoms with E-state index in [2.05, 4.69) is 17.1 Å². The monoisotopic (exact) mass is 377 g/mol. The number of carbonyl (C=O) groups excluding carboxylic acids is 2. The van der Waals surface area contributed by atoms with Crippen LogP contribution >= 0.6 is 11.3 Å². The summed E-state index contributed by atoms with van der Waals surface area (Å²) in [6, 6.07) is 3.16. The van der Waals surface area contributed by atoms with Gasteiger partial charge in [-0.05, 0) is 69.0 Å². The Bertz CT molecular complexity index is 596. The molecule has 26 heavy (non-hydrogen) atoms. The maximum Gasteiger partial charge on any atom is 0.261 e. The predicted molar refractivity (Wildman–Crippen MR) is 105 cm³/mol. The first-order chi connectivity index (χ1) is 12.5. The van der Waals surface area contributed by atoms with Crippen molar-refractivity contribution in [1.82, 2.24) is 15.1 Å². The van der Waals surface area contributed by atoms with Crippen LogP contribution in [-0.4, -0.2) is 60.4 Å². The maximum atomic E-state index is 12.8. The number of nitrogens with zero attached hydrogens (tertiary/aromatic N) is 2. The highest BCUT2D eigenvalue weighted by Gasteiger charge is 2.29. The van der Waals surface area contributed by atoms with E-state index in [0.717, 1.165) is 32.0 Å². The fraction of sp³-hybridized carbons (Fsp3) is 0.700. The molecule has 2 saturated heterocycles. The highest BCUT2D eigenvalue weighted by Crippen LogP contribution is 2.22. The third-order valence-corrected chi connectivity index (χ3v) is 6.55. The molecule has 0 radical (unpaired) electrons. The number of hydrogen-bond donors (Lipinski definition) is 1. The van der Waals surface area contributed by atoms with Gasteiger partial charge in [-0.1, -0.05) is 13.0 Å². The second kappa shape index (κ2) is 9.00. The van der Waals surface area contributed by atoms with Gasteiger partial charge in [-0.2, -0.15) is 0 Å². The van der Waals surface area contributed by atoms with Gasteiger partial charge in [-0.25, -0.2) is 0 Å². The molecule has 3 rings (SSSR count). The predicted octanol–water partition coefficient (Wildman–Crippen LogP) is 2.84. The van der Waals surface area contributed by atoms with E-state index < -0.39 is 6.04 Å². The molecule has 144 valence electrons. The van der Waals surface area contributed by atoms with E-state index in [1.807, 2.05) is 16.3 Å². The van der Waals surface area contributed by atoms with Crippen molar-refractivity contribution in [2.75, 3.05) is 32.7 Å². The standard InChI is InChI=1S/C20H31N3O2S/c1-15-7-10-22(11-8-15)13-17-5-3-9-23(14-17)20(25)16(2)21-19(24)18-6-4-12-26-18/h4,6,12,15-17H,3,5,7-11,13-14H2,1-2H3,(H,21,24)/t16-,17+/m0/s1. The Kier molecular flexibility index (Phi) is 6.70. The summed E-state index contributed by atoms with van der Waals surface area (Å²) in [5.41, 5.74) is 0. The Morgan fingerprint density at radius 1 is 1.27 bits per heavy atom. The number of nitrogens with one attached hydrogen (secondary N) is 1. The third kappa shape index (κ3) is 5.07. The fourth-order valence-corrected chi connectivity index (χ4v) is 4.66. The van der Waals surface area contributed by atoms with Gasteiger partial charge in [0.1, 0.15) is 6.04 Å². The molecule has 1 N–H and O–H groups in total. The molecule has 0 saturated carbocycles. The molecule has 0 spiro atoms. The lowest BCUT2D eigenvalue weighted by atomic mass is 9.94. The number of piperidine rings is 2. The maximum absolute atomic E-state index is 12.8. The van der Waals surface area contributed by atoms with Crippen molar-refractivity contribution >= 4 is 23.2 Å². The highest BCUT2D eigenvalue weighted by molar-refractivity contribution is 7.12. The Morgan fingerprint density at radius 2 is 2.04 bits per heavy atom. The van der Waals surface area contributed by atoms with Gasteiger partial charge in [0.05, 0.1) is 4.88 Å². The third-order valence-electron chi connectivity index (χ3n) is 5.69. The Hall–Kier alpha value is -1.40. The van der Waals surface area contributed by atoms with Crippen molar-refractivity contribution in [2.24, 2.45) is 11.8 Å². The lowest BCUT2D eigenvalue weighted by Gasteiger charge is -2.38. The summed E-state index contributed by atoms with van der Waals surface area (Å²) in [5.74, 6) is 1.30.